The molecule has 0 N–H and O–H groups in total. The van der Waals surface area contributed by atoms with Gasteiger partial charge >= 0.3 is 0 Å². The average Bonchev–Trinajstić information content (AvgIpc) is 3.71. The summed E-state index contributed by atoms with van der Waals surface area (Å²) >= 11 is 0. The summed E-state index contributed by atoms with van der Waals surface area (Å²) in [6.45, 7) is 4.41. The molecular weight excluding hydrogens is 819 g/mol. The minimum absolute atomic E-state index is 0.485. The molecule has 0 radical (unpaired) electrons. The Morgan fingerprint density at radius 2 is 0.691 bits per heavy atom. The number of rotatable bonds is 7. The molecule has 0 heterocycles. The molecule has 1 aliphatic carbocycles. The first-order valence-corrected chi connectivity index (χ1v) is 23.8. The van der Waals surface area contributed by atoms with Crippen LogP contribution in [-0.4, -0.2) is 0 Å². The predicted molar refractivity (Wildman–Crippen MR) is 289 cm³/mol. The maximum Gasteiger partial charge on any atom is 0.0713 e. The van der Waals surface area contributed by atoms with E-state index in [0.29, 0.717) is 0 Å². The predicted octanol–water partition coefficient (Wildman–Crippen LogP) is 18.1. The van der Waals surface area contributed by atoms with E-state index in [9.17, 15) is 0 Å². The lowest BCUT2D eigenvalue weighted by Gasteiger charge is -2.34. The highest BCUT2D eigenvalue weighted by molar-refractivity contribution is 6.23. The van der Waals surface area contributed by atoms with Crippen LogP contribution in [0.15, 0.2) is 249 Å². The molecule has 12 aromatic carbocycles. The monoisotopic (exact) mass is 865 g/mol. The number of hydrogen-bond acceptors (Lipinski definition) is 1. The maximum absolute atomic E-state index is 2.46. The van der Waals surface area contributed by atoms with Crippen LogP contribution in [0.5, 0.6) is 0 Å². The van der Waals surface area contributed by atoms with Crippen molar-refractivity contribution in [3.05, 3.63) is 282 Å². The molecule has 12 aromatic rings. The fraction of sp³-hybridized carbons (Fsp3) is 0.0448. The number of anilines is 3. The van der Waals surface area contributed by atoms with Crippen LogP contribution in [0.1, 0.15) is 33.4 Å². The molecule has 0 fully saturated rings. The highest BCUT2D eigenvalue weighted by Crippen LogP contribution is 2.59. The van der Waals surface area contributed by atoms with Crippen LogP contribution in [0.3, 0.4) is 0 Å². The standard InChI is InChI=1S/C67H47N/c1-44-36-42-62(52-26-11-9-24-50(44)52)68(63-43-37-45(2)51-25-10-12-27-53(51)63)49-40-38-46(39-41-49)64-54-28-13-15-30-56(54)65(57-31-16-14-29-55(57)64)59-33-19-35-61-66(59)58-32-17-18-34-60(58)67(61,47-20-5-3-6-21-47)48-22-7-4-8-23-48/h3-43H,1-2H3. The third-order valence-corrected chi connectivity index (χ3v) is 14.8. The summed E-state index contributed by atoms with van der Waals surface area (Å²) in [7, 11) is 0. The second-order valence-corrected chi connectivity index (χ2v) is 18.4. The summed E-state index contributed by atoms with van der Waals surface area (Å²) in [6.07, 6.45) is 0. The SMILES string of the molecule is Cc1ccc(N(c2ccc(-c3c4ccccc4c(-c4cccc5c4-c4ccccc4C5(c4ccccc4)c4ccccc4)c4ccccc34)cc2)c2ccc(C)c3ccccc23)c2ccccc12. The van der Waals surface area contributed by atoms with Crippen LogP contribution in [0.4, 0.5) is 17.1 Å². The Kier molecular flexibility index (Phi) is 9.27. The van der Waals surface area contributed by atoms with Crippen LogP contribution in [0.2, 0.25) is 0 Å². The molecule has 0 saturated heterocycles. The van der Waals surface area contributed by atoms with E-state index in [4.69, 9.17) is 0 Å². The molecule has 0 amide bonds. The Balaban J connectivity index is 1.03. The van der Waals surface area contributed by atoms with Gasteiger partial charge in [0, 0.05) is 16.5 Å². The van der Waals surface area contributed by atoms with E-state index in [2.05, 4.69) is 267 Å². The van der Waals surface area contributed by atoms with Crippen molar-refractivity contribution in [2.45, 2.75) is 19.3 Å². The van der Waals surface area contributed by atoms with Gasteiger partial charge in [-0.2, -0.15) is 0 Å². The molecule has 13 rings (SSSR count). The van der Waals surface area contributed by atoms with Crippen LogP contribution in [0, 0.1) is 13.8 Å². The highest BCUT2D eigenvalue weighted by Gasteiger charge is 2.47. The van der Waals surface area contributed by atoms with Gasteiger partial charge in [-0.15, -0.1) is 0 Å². The third-order valence-electron chi connectivity index (χ3n) is 14.8. The van der Waals surface area contributed by atoms with Crippen molar-refractivity contribution >= 4 is 60.2 Å². The lowest BCUT2D eigenvalue weighted by atomic mass is 9.67. The average molecular weight is 866 g/mol. The first-order chi connectivity index (χ1) is 33.6. The minimum Gasteiger partial charge on any atom is -0.309 e. The molecule has 0 bridgehead atoms. The Hall–Kier alpha value is -8.52. The number of nitrogens with zero attached hydrogens (tertiary/aromatic N) is 1. The lowest BCUT2D eigenvalue weighted by molar-refractivity contribution is 0.768. The Morgan fingerprint density at radius 3 is 1.22 bits per heavy atom. The van der Waals surface area contributed by atoms with E-state index >= 15 is 0 Å². The minimum atomic E-state index is -0.485. The van der Waals surface area contributed by atoms with Crippen molar-refractivity contribution < 1.29 is 0 Å². The van der Waals surface area contributed by atoms with Crippen molar-refractivity contribution in [3.8, 4) is 33.4 Å². The Bertz CT molecular complexity index is 3740. The molecule has 0 spiro atoms. The molecule has 0 saturated carbocycles. The smallest absolute Gasteiger partial charge is 0.0713 e. The fourth-order valence-electron chi connectivity index (χ4n) is 11.9. The van der Waals surface area contributed by atoms with Crippen molar-refractivity contribution in [2.24, 2.45) is 0 Å². The van der Waals surface area contributed by atoms with Gasteiger partial charge in [0.2, 0.25) is 0 Å². The number of aryl methyl sites for hydroxylation is 2. The molecule has 0 aliphatic heterocycles. The molecule has 1 heteroatoms. The molecule has 68 heavy (non-hydrogen) atoms. The topological polar surface area (TPSA) is 3.24 Å². The van der Waals surface area contributed by atoms with Crippen molar-refractivity contribution in [1.82, 2.24) is 0 Å². The van der Waals surface area contributed by atoms with E-state index in [1.165, 1.54) is 110 Å². The van der Waals surface area contributed by atoms with Crippen LogP contribution in [0.25, 0.3) is 76.5 Å². The van der Waals surface area contributed by atoms with Gasteiger partial charge in [-0.25, -0.2) is 0 Å². The molecule has 0 atom stereocenters. The lowest BCUT2D eigenvalue weighted by Crippen LogP contribution is -2.28. The van der Waals surface area contributed by atoms with Gasteiger partial charge in [0.15, 0.2) is 0 Å². The van der Waals surface area contributed by atoms with Crippen molar-refractivity contribution in [2.75, 3.05) is 4.90 Å². The largest absolute Gasteiger partial charge is 0.309 e. The molecule has 0 unspecified atom stereocenters. The van der Waals surface area contributed by atoms with Gasteiger partial charge in [0.1, 0.15) is 0 Å². The number of fused-ring (bicyclic) bond motifs is 7. The molecule has 1 nitrogen and oxygen atoms in total. The summed E-state index contributed by atoms with van der Waals surface area (Å²) < 4.78 is 0. The zero-order valence-electron chi connectivity index (χ0n) is 38.1. The molecular formula is C67H47N. The number of hydrogen-bond donors (Lipinski definition) is 0. The summed E-state index contributed by atoms with van der Waals surface area (Å²) in [5.41, 5.74) is 18.2. The fourth-order valence-corrected chi connectivity index (χ4v) is 11.9. The van der Waals surface area contributed by atoms with E-state index in [0.717, 1.165) is 17.1 Å². The van der Waals surface area contributed by atoms with Gasteiger partial charge in [-0.3, -0.25) is 0 Å². The maximum atomic E-state index is 2.46. The van der Waals surface area contributed by atoms with Crippen molar-refractivity contribution in [3.63, 3.8) is 0 Å². The second kappa shape index (κ2) is 15.8. The molecule has 0 aromatic heterocycles. The van der Waals surface area contributed by atoms with Gasteiger partial charge < -0.3 is 4.90 Å². The summed E-state index contributed by atoms with van der Waals surface area (Å²) in [5, 5.41) is 9.95. The normalized spacial score (nSPS) is 12.7. The molecule has 320 valence electrons. The van der Waals surface area contributed by atoms with Gasteiger partial charge in [-0.1, -0.05) is 224 Å². The van der Waals surface area contributed by atoms with Crippen LogP contribution >= 0.6 is 0 Å². The van der Waals surface area contributed by atoms with Gasteiger partial charge in [0.25, 0.3) is 0 Å². The van der Waals surface area contributed by atoms with E-state index in [1.54, 1.807) is 0 Å². The summed E-state index contributed by atoms with van der Waals surface area (Å²) in [6, 6.07) is 92.6. The second-order valence-electron chi connectivity index (χ2n) is 18.4. The molecule has 1 aliphatic rings. The Morgan fingerprint density at radius 1 is 0.279 bits per heavy atom. The van der Waals surface area contributed by atoms with E-state index < -0.39 is 5.41 Å². The summed E-state index contributed by atoms with van der Waals surface area (Å²) in [5.74, 6) is 0. The Labute approximate surface area is 397 Å². The number of benzene rings is 12. The summed E-state index contributed by atoms with van der Waals surface area (Å²) in [4.78, 5) is 2.46. The zero-order valence-corrected chi connectivity index (χ0v) is 38.1. The van der Waals surface area contributed by atoms with Gasteiger partial charge in [0.05, 0.1) is 16.8 Å². The first kappa shape index (κ1) is 39.8. The quantitative estimate of drug-likeness (QED) is 0.144. The van der Waals surface area contributed by atoms with Crippen molar-refractivity contribution in [1.29, 1.82) is 0 Å². The van der Waals surface area contributed by atoms with Crippen LogP contribution in [-0.2, 0) is 5.41 Å². The zero-order chi connectivity index (χ0) is 45.3. The third kappa shape index (κ3) is 5.89. The van der Waals surface area contributed by atoms with E-state index in [1.807, 2.05) is 0 Å². The van der Waals surface area contributed by atoms with E-state index in [-0.39, 0.29) is 0 Å². The van der Waals surface area contributed by atoms with Gasteiger partial charge in [-0.05, 0) is 137 Å². The van der Waals surface area contributed by atoms with Crippen LogP contribution < -0.4 is 4.90 Å². The highest BCUT2D eigenvalue weighted by atomic mass is 15.1. The first-order valence-electron chi connectivity index (χ1n) is 23.8.